The van der Waals surface area contributed by atoms with Crippen molar-refractivity contribution in [2.24, 2.45) is 5.92 Å². The summed E-state index contributed by atoms with van der Waals surface area (Å²) in [4.78, 5) is 25.7. The lowest BCUT2D eigenvalue weighted by Crippen LogP contribution is -2.33. The molecule has 114 valence electrons. The van der Waals surface area contributed by atoms with E-state index >= 15 is 0 Å². The maximum Gasteiger partial charge on any atom is 0.225 e. The lowest BCUT2D eigenvalue weighted by molar-refractivity contribution is -0.129. The predicted octanol–water partition coefficient (Wildman–Crippen LogP) is 0.842. The fourth-order valence-electron chi connectivity index (χ4n) is 2.45. The third kappa shape index (κ3) is 4.29. The van der Waals surface area contributed by atoms with Gasteiger partial charge >= 0.3 is 0 Å². The van der Waals surface area contributed by atoms with Crippen LogP contribution in [0.25, 0.3) is 0 Å². The Kier molecular flexibility index (Phi) is 5.33. The van der Waals surface area contributed by atoms with E-state index in [0.29, 0.717) is 26.1 Å². The number of carbonyl (C=O) groups is 2. The monoisotopic (exact) mass is 290 g/mol. The normalized spacial score (nSPS) is 18.1. The highest BCUT2D eigenvalue weighted by Gasteiger charge is 2.33. The van der Waals surface area contributed by atoms with Crippen LogP contribution in [0.1, 0.15) is 24.0 Å². The second-order valence-corrected chi connectivity index (χ2v) is 5.53. The summed E-state index contributed by atoms with van der Waals surface area (Å²) in [5.41, 5.74) is 2.27. The van der Waals surface area contributed by atoms with Crippen LogP contribution in [0.5, 0.6) is 0 Å². The van der Waals surface area contributed by atoms with E-state index in [4.69, 9.17) is 5.11 Å². The van der Waals surface area contributed by atoms with E-state index in [1.165, 1.54) is 5.56 Å². The minimum Gasteiger partial charge on any atom is -0.396 e. The first-order valence-corrected chi connectivity index (χ1v) is 7.32. The number of hydrogen-bond donors (Lipinski definition) is 2. The van der Waals surface area contributed by atoms with Crippen LogP contribution >= 0.6 is 0 Å². The van der Waals surface area contributed by atoms with Crippen molar-refractivity contribution in [3.63, 3.8) is 0 Å². The molecule has 1 saturated heterocycles. The van der Waals surface area contributed by atoms with Crippen molar-refractivity contribution in [1.82, 2.24) is 10.2 Å². The van der Waals surface area contributed by atoms with Crippen molar-refractivity contribution in [1.29, 1.82) is 0 Å². The SMILES string of the molecule is Cc1ccc(CN2CC(C(=O)NCCCO)CC2=O)cc1. The van der Waals surface area contributed by atoms with Gasteiger partial charge in [0.2, 0.25) is 11.8 Å². The first kappa shape index (κ1) is 15.5. The Labute approximate surface area is 125 Å². The standard InChI is InChI=1S/C16H22N2O3/c1-12-3-5-13(6-4-12)10-18-11-14(9-15(18)20)16(21)17-7-2-8-19/h3-6,14,19H,2,7-11H2,1H3,(H,17,21). The lowest BCUT2D eigenvalue weighted by atomic mass is 10.1. The van der Waals surface area contributed by atoms with Crippen molar-refractivity contribution in [3.8, 4) is 0 Å². The zero-order valence-corrected chi connectivity index (χ0v) is 12.3. The molecule has 0 spiro atoms. The summed E-state index contributed by atoms with van der Waals surface area (Å²) in [6.45, 7) is 3.57. The summed E-state index contributed by atoms with van der Waals surface area (Å²) in [7, 11) is 0. The molecule has 0 aromatic heterocycles. The molecule has 1 unspecified atom stereocenters. The zero-order chi connectivity index (χ0) is 15.2. The minimum absolute atomic E-state index is 0.0258. The van der Waals surface area contributed by atoms with Gasteiger partial charge in [-0.25, -0.2) is 0 Å². The van der Waals surface area contributed by atoms with E-state index in [1.54, 1.807) is 4.90 Å². The van der Waals surface area contributed by atoms with E-state index in [-0.39, 0.29) is 30.8 Å². The number of likely N-dealkylation sites (tertiary alicyclic amines) is 1. The van der Waals surface area contributed by atoms with Crippen molar-refractivity contribution in [3.05, 3.63) is 35.4 Å². The van der Waals surface area contributed by atoms with Crippen molar-refractivity contribution >= 4 is 11.8 Å². The molecule has 1 heterocycles. The summed E-state index contributed by atoms with van der Waals surface area (Å²) < 4.78 is 0. The number of rotatable bonds is 6. The maximum absolute atomic E-state index is 12.0. The summed E-state index contributed by atoms with van der Waals surface area (Å²) in [6, 6.07) is 8.07. The molecule has 1 aromatic carbocycles. The average molecular weight is 290 g/mol. The Morgan fingerprint density at radius 2 is 2.10 bits per heavy atom. The van der Waals surface area contributed by atoms with Gasteiger partial charge in [-0.2, -0.15) is 0 Å². The Hall–Kier alpha value is -1.88. The van der Waals surface area contributed by atoms with Crippen molar-refractivity contribution in [2.45, 2.75) is 26.3 Å². The Morgan fingerprint density at radius 1 is 1.38 bits per heavy atom. The molecule has 2 amide bonds. The molecule has 21 heavy (non-hydrogen) atoms. The topological polar surface area (TPSA) is 69.6 Å². The van der Waals surface area contributed by atoms with Gasteiger partial charge < -0.3 is 15.3 Å². The van der Waals surface area contributed by atoms with E-state index < -0.39 is 0 Å². The fraction of sp³-hybridized carbons (Fsp3) is 0.500. The Balaban J connectivity index is 1.87. The van der Waals surface area contributed by atoms with Crippen LogP contribution in [0.15, 0.2) is 24.3 Å². The van der Waals surface area contributed by atoms with Gasteiger partial charge in [-0.3, -0.25) is 9.59 Å². The van der Waals surface area contributed by atoms with E-state index in [1.807, 2.05) is 31.2 Å². The molecule has 1 fully saturated rings. The number of hydrogen-bond acceptors (Lipinski definition) is 3. The highest BCUT2D eigenvalue weighted by atomic mass is 16.3. The molecule has 1 atom stereocenters. The van der Waals surface area contributed by atoms with Gasteiger partial charge in [0.05, 0.1) is 5.92 Å². The molecule has 5 nitrogen and oxygen atoms in total. The highest BCUT2D eigenvalue weighted by Crippen LogP contribution is 2.20. The Bertz CT molecular complexity index is 499. The highest BCUT2D eigenvalue weighted by molar-refractivity contribution is 5.89. The Morgan fingerprint density at radius 3 is 2.76 bits per heavy atom. The van der Waals surface area contributed by atoms with Crippen LogP contribution in [-0.4, -0.2) is 41.5 Å². The summed E-state index contributed by atoms with van der Waals surface area (Å²) in [6.07, 6.45) is 0.816. The van der Waals surface area contributed by atoms with Gasteiger partial charge in [0.1, 0.15) is 0 Å². The number of nitrogens with one attached hydrogen (secondary N) is 1. The molecule has 0 saturated carbocycles. The summed E-state index contributed by atoms with van der Waals surface area (Å²) in [5, 5.41) is 11.5. The molecule has 5 heteroatoms. The second-order valence-electron chi connectivity index (χ2n) is 5.53. The number of carbonyl (C=O) groups excluding carboxylic acids is 2. The molecule has 1 aliphatic heterocycles. The molecule has 0 bridgehead atoms. The quantitative estimate of drug-likeness (QED) is 0.763. The number of amides is 2. The van der Waals surface area contributed by atoms with E-state index in [9.17, 15) is 9.59 Å². The van der Waals surface area contributed by atoms with Gasteiger partial charge in [-0.1, -0.05) is 29.8 Å². The average Bonchev–Trinajstić information content (AvgIpc) is 2.83. The van der Waals surface area contributed by atoms with Gasteiger partial charge in [-0.15, -0.1) is 0 Å². The minimum atomic E-state index is -0.276. The molecular weight excluding hydrogens is 268 g/mol. The van der Waals surface area contributed by atoms with E-state index in [2.05, 4.69) is 5.32 Å². The first-order chi connectivity index (χ1) is 10.1. The molecule has 1 aliphatic rings. The number of benzene rings is 1. The number of aliphatic hydroxyl groups is 1. The van der Waals surface area contributed by atoms with Crippen LogP contribution in [0.3, 0.4) is 0 Å². The largest absolute Gasteiger partial charge is 0.396 e. The van der Waals surface area contributed by atoms with Gasteiger partial charge in [-0.05, 0) is 18.9 Å². The number of aliphatic hydroxyl groups excluding tert-OH is 1. The molecule has 0 radical (unpaired) electrons. The van der Waals surface area contributed by atoms with Crippen LogP contribution in [0, 0.1) is 12.8 Å². The molecule has 2 N–H and O–H groups in total. The molecule has 0 aliphatic carbocycles. The third-order valence-corrected chi connectivity index (χ3v) is 3.71. The number of aryl methyl sites for hydroxylation is 1. The molecular formula is C16H22N2O3. The third-order valence-electron chi connectivity index (χ3n) is 3.71. The summed E-state index contributed by atoms with van der Waals surface area (Å²) >= 11 is 0. The predicted molar refractivity (Wildman–Crippen MR) is 79.4 cm³/mol. The molecule has 1 aromatic rings. The summed E-state index contributed by atoms with van der Waals surface area (Å²) in [5.74, 6) is -0.345. The van der Waals surface area contributed by atoms with Crippen molar-refractivity contribution < 1.29 is 14.7 Å². The molecule has 2 rings (SSSR count). The van der Waals surface area contributed by atoms with Gasteiger partial charge in [0.15, 0.2) is 0 Å². The maximum atomic E-state index is 12.0. The first-order valence-electron chi connectivity index (χ1n) is 7.32. The fourth-order valence-corrected chi connectivity index (χ4v) is 2.45. The van der Waals surface area contributed by atoms with E-state index in [0.717, 1.165) is 5.56 Å². The smallest absolute Gasteiger partial charge is 0.225 e. The number of nitrogens with zero attached hydrogens (tertiary/aromatic N) is 1. The lowest BCUT2D eigenvalue weighted by Gasteiger charge is -2.16. The van der Waals surface area contributed by atoms with Crippen LogP contribution < -0.4 is 5.32 Å². The van der Waals surface area contributed by atoms with Gasteiger partial charge in [0.25, 0.3) is 0 Å². The van der Waals surface area contributed by atoms with Crippen LogP contribution in [0.2, 0.25) is 0 Å². The second kappa shape index (κ2) is 7.22. The van der Waals surface area contributed by atoms with Crippen LogP contribution in [-0.2, 0) is 16.1 Å². The van der Waals surface area contributed by atoms with Gasteiger partial charge in [0, 0.05) is 32.7 Å². The zero-order valence-electron chi connectivity index (χ0n) is 12.3. The van der Waals surface area contributed by atoms with Crippen LogP contribution in [0.4, 0.5) is 0 Å². The van der Waals surface area contributed by atoms with Crippen molar-refractivity contribution in [2.75, 3.05) is 19.7 Å².